The molecule has 4 heteroatoms. The Morgan fingerprint density at radius 2 is 2.50 bits per heavy atom. The van der Waals surface area contributed by atoms with Gasteiger partial charge in [0.2, 0.25) is 5.91 Å². The Hall–Kier alpha value is -0.870. The van der Waals surface area contributed by atoms with E-state index in [1.54, 1.807) is 11.3 Å². The summed E-state index contributed by atoms with van der Waals surface area (Å²) in [6.07, 6.45) is 2.87. The molecule has 0 aliphatic heterocycles. The van der Waals surface area contributed by atoms with Crippen LogP contribution in [0.25, 0.3) is 0 Å². The smallest absolute Gasteiger partial charge is 0.237 e. The molecule has 76 valence electrons. The van der Waals surface area contributed by atoms with Gasteiger partial charge in [-0.2, -0.15) is 0 Å². The van der Waals surface area contributed by atoms with Crippen LogP contribution < -0.4 is 11.1 Å². The van der Waals surface area contributed by atoms with Gasteiger partial charge in [0.1, 0.15) is 0 Å². The van der Waals surface area contributed by atoms with Crippen molar-refractivity contribution in [3.63, 3.8) is 0 Å². The van der Waals surface area contributed by atoms with Crippen molar-refractivity contribution in [2.75, 3.05) is 0 Å². The fourth-order valence-corrected chi connectivity index (χ4v) is 2.04. The lowest BCUT2D eigenvalue weighted by molar-refractivity contribution is -0.122. The van der Waals surface area contributed by atoms with E-state index in [-0.39, 0.29) is 5.91 Å². The number of amides is 1. The molecule has 1 aromatic rings. The van der Waals surface area contributed by atoms with Crippen molar-refractivity contribution in [1.82, 2.24) is 5.32 Å². The number of hydrogen-bond acceptors (Lipinski definition) is 3. The molecule has 1 saturated carbocycles. The van der Waals surface area contributed by atoms with Gasteiger partial charge in [0.05, 0.1) is 6.04 Å². The maximum atomic E-state index is 11.5. The van der Waals surface area contributed by atoms with Crippen molar-refractivity contribution in [3.05, 3.63) is 22.4 Å². The predicted molar refractivity (Wildman–Crippen MR) is 57.2 cm³/mol. The van der Waals surface area contributed by atoms with Crippen LogP contribution in [-0.2, 0) is 11.2 Å². The summed E-state index contributed by atoms with van der Waals surface area (Å²) in [5.41, 5.74) is 5.78. The molecule has 0 unspecified atom stereocenters. The van der Waals surface area contributed by atoms with Gasteiger partial charge in [-0.05, 0) is 24.3 Å². The van der Waals surface area contributed by atoms with Gasteiger partial charge >= 0.3 is 0 Å². The van der Waals surface area contributed by atoms with Gasteiger partial charge < -0.3 is 11.1 Å². The van der Waals surface area contributed by atoms with E-state index in [9.17, 15) is 4.79 Å². The second-order valence-corrected chi connectivity index (χ2v) is 4.71. The Morgan fingerprint density at radius 1 is 1.71 bits per heavy atom. The minimum Gasteiger partial charge on any atom is -0.352 e. The minimum atomic E-state index is -0.394. The second-order valence-electron chi connectivity index (χ2n) is 3.67. The van der Waals surface area contributed by atoms with Crippen LogP contribution in [0, 0.1) is 0 Å². The normalized spacial score (nSPS) is 17.8. The average Bonchev–Trinajstić information content (AvgIpc) is 2.81. The average molecular weight is 210 g/mol. The molecule has 1 fully saturated rings. The number of thiophene rings is 1. The Balaban J connectivity index is 1.81. The van der Waals surface area contributed by atoms with E-state index in [0.29, 0.717) is 12.5 Å². The monoisotopic (exact) mass is 210 g/mol. The highest BCUT2D eigenvalue weighted by Crippen LogP contribution is 2.19. The van der Waals surface area contributed by atoms with Crippen LogP contribution in [0.15, 0.2) is 17.5 Å². The fourth-order valence-electron chi connectivity index (χ4n) is 1.27. The highest BCUT2D eigenvalue weighted by molar-refractivity contribution is 7.09. The zero-order valence-corrected chi connectivity index (χ0v) is 8.72. The van der Waals surface area contributed by atoms with Crippen LogP contribution in [0.4, 0.5) is 0 Å². The molecule has 1 aliphatic carbocycles. The second kappa shape index (κ2) is 4.11. The minimum absolute atomic E-state index is 0.0131. The number of nitrogens with one attached hydrogen (secondary N) is 1. The summed E-state index contributed by atoms with van der Waals surface area (Å²) >= 11 is 1.64. The van der Waals surface area contributed by atoms with Crippen LogP contribution in [0.5, 0.6) is 0 Å². The van der Waals surface area contributed by atoms with Crippen LogP contribution in [0.1, 0.15) is 17.7 Å². The largest absolute Gasteiger partial charge is 0.352 e. The molecular formula is C10H14N2OS. The first-order chi connectivity index (χ1) is 6.75. The lowest BCUT2D eigenvalue weighted by Gasteiger charge is -2.10. The van der Waals surface area contributed by atoms with Crippen molar-refractivity contribution < 1.29 is 4.79 Å². The molecule has 0 radical (unpaired) electrons. The zero-order chi connectivity index (χ0) is 9.97. The van der Waals surface area contributed by atoms with Crippen molar-refractivity contribution in [3.8, 4) is 0 Å². The summed E-state index contributed by atoms with van der Waals surface area (Å²) in [4.78, 5) is 12.7. The van der Waals surface area contributed by atoms with Gasteiger partial charge in [-0.15, -0.1) is 11.3 Å². The van der Waals surface area contributed by atoms with Gasteiger partial charge in [-0.25, -0.2) is 0 Å². The summed E-state index contributed by atoms with van der Waals surface area (Å²) in [5, 5.41) is 4.91. The topological polar surface area (TPSA) is 55.1 Å². The third-order valence-corrected chi connectivity index (χ3v) is 3.16. The number of hydrogen-bond donors (Lipinski definition) is 2. The van der Waals surface area contributed by atoms with Crippen LogP contribution in [0.2, 0.25) is 0 Å². The van der Waals surface area contributed by atoms with Crippen molar-refractivity contribution >= 4 is 17.2 Å². The zero-order valence-electron chi connectivity index (χ0n) is 7.90. The first kappa shape index (κ1) is 9.68. The fraction of sp³-hybridized carbons (Fsp3) is 0.500. The number of nitrogens with two attached hydrogens (primary N) is 1. The van der Waals surface area contributed by atoms with E-state index in [2.05, 4.69) is 5.32 Å². The third kappa shape index (κ3) is 2.56. The van der Waals surface area contributed by atoms with Gasteiger partial charge in [0, 0.05) is 17.3 Å². The van der Waals surface area contributed by atoms with Gasteiger partial charge in [0.25, 0.3) is 0 Å². The number of carbonyl (C=O) groups excluding carboxylic acids is 1. The molecule has 3 N–H and O–H groups in total. The standard InChI is InChI=1S/C10H14N2OS/c11-9(6-8-2-1-5-14-8)10(13)12-7-3-4-7/h1-2,5,7,9H,3-4,6,11H2,(H,12,13)/t9-/m0/s1. The molecular weight excluding hydrogens is 196 g/mol. The maximum Gasteiger partial charge on any atom is 0.237 e. The summed E-state index contributed by atoms with van der Waals surface area (Å²) in [6, 6.07) is 3.99. The van der Waals surface area contributed by atoms with E-state index < -0.39 is 6.04 Å². The molecule has 0 aromatic carbocycles. The molecule has 3 nitrogen and oxygen atoms in total. The molecule has 0 spiro atoms. The summed E-state index contributed by atoms with van der Waals surface area (Å²) in [6.45, 7) is 0. The van der Waals surface area contributed by atoms with Crippen LogP contribution >= 0.6 is 11.3 Å². The van der Waals surface area contributed by atoms with E-state index in [4.69, 9.17) is 5.73 Å². The van der Waals surface area contributed by atoms with E-state index in [1.165, 1.54) is 4.88 Å². The SMILES string of the molecule is N[C@@H](Cc1cccs1)C(=O)NC1CC1. The molecule has 1 amide bonds. The lowest BCUT2D eigenvalue weighted by atomic mass is 10.2. The van der Waals surface area contributed by atoms with Crippen LogP contribution in [0.3, 0.4) is 0 Å². The Labute approximate surface area is 87.3 Å². The molecule has 1 aromatic heterocycles. The number of rotatable bonds is 4. The Morgan fingerprint density at radius 3 is 3.07 bits per heavy atom. The summed E-state index contributed by atoms with van der Waals surface area (Å²) < 4.78 is 0. The van der Waals surface area contributed by atoms with E-state index >= 15 is 0 Å². The van der Waals surface area contributed by atoms with Gasteiger partial charge in [0.15, 0.2) is 0 Å². The molecule has 0 saturated heterocycles. The molecule has 2 rings (SSSR count). The first-order valence-corrected chi connectivity index (χ1v) is 5.72. The van der Waals surface area contributed by atoms with E-state index in [1.807, 2.05) is 17.5 Å². The molecule has 1 aliphatic rings. The van der Waals surface area contributed by atoms with Crippen LogP contribution in [-0.4, -0.2) is 18.0 Å². The molecule has 14 heavy (non-hydrogen) atoms. The van der Waals surface area contributed by atoms with Gasteiger partial charge in [-0.1, -0.05) is 6.07 Å². The van der Waals surface area contributed by atoms with Crippen molar-refractivity contribution in [2.45, 2.75) is 31.3 Å². The quantitative estimate of drug-likeness (QED) is 0.775. The first-order valence-electron chi connectivity index (χ1n) is 4.84. The molecule has 0 bridgehead atoms. The summed E-state index contributed by atoms with van der Waals surface area (Å²) in [7, 11) is 0. The molecule has 1 heterocycles. The maximum absolute atomic E-state index is 11.5. The number of carbonyl (C=O) groups is 1. The highest BCUT2D eigenvalue weighted by Gasteiger charge is 2.25. The van der Waals surface area contributed by atoms with Crippen molar-refractivity contribution in [1.29, 1.82) is 0 Å². The predicted octanol–water partition coefficient (Wildman–Crippen LogP) is 0.896. The lowest BCUT2D eigenvalue weighted by Crippen LogP contribution is -2.42. The highest BCUT2D eigenvalue weighted by atomic mass is 32.1. The summed E-state index contributed by atoms with van der Waals surface area (Å²) in [5.74, 6) is -0.0131. The Bertz CT molecular complexity index is 306. The third-order valence-electron chi connectivity index (χ3n) is 2.26. The Kier molecular flexibility index (Phi) is 2.84. The van der Waals surface area contributed by atoms with Crippen molar-refractivity contribution in [2.24, 2.45) is 5.73 Å². The van der Waals surface area contributed by atoms with Gasteiger partial charge in [-0.3, -0.25) is 4.79 Å². The molecule has 1 atom stereocenters. The van der Waals surface area contributed by atoms with E-state index in [0.717, 1.165) is 12.8 Å².